The molecule has 0 saturated carbocycles. The highest BCUT2D eigenvalue weighted by Gasteiger charge is 2.24. The Morgan fingerprint density at radius 3 is 2.46 bits per heavy atom. The Hall–Kier alpha value is -3.13. The van der Waals surface area contributed by atoms with Gasteiger partial charge in [0.05, 0.1) is 11.0 Å². The summed E-state index contributed by atoms with van der Waals surface area (Å²) in [5.74, 6) is 1.53. The molecule has 5 rings (SSSR count). The number of fused-ring (bicyclic) bond motifs is 3. The van der Waals surface area contributed by atoms with Gasteiger partial charge in [-0.25, -0.2) is 14.6 Å². The monoisotopic (exact) mass is 334 g/mol. The molecule has 1 aliphatic heterocycles. The molecule has 0 spiro atoms. The van der Waals surface area contributed by atoms with Gasteiger partial charge in [0, 0.05) is 5.56 Å². The first-order valence-electron chi connectivity index (χ1n) is 7.24. The third-order valence-corrected chi connectivity index (χ3v) is 4.63. The zero-order valence-electron chi connectivity index (χ0n) is 12.2. The summed E-state index contributed by atoms with van der Waals surface area (Å²) in [6.07, 6.45) is 0. The van der Waals surface area contributed by atoms with Crippen molar-refractivity contribution in [3.63, 3.8) is 0 Å². The minimum absolute atomic E-state index is 0.210. The zero-order chi connectivity index (χ0) is 16.1. The van der Waals surface area contributed by atoms with Crippen molar-refractivity contribution in [3.8, 4) is 17.1 Å². The molecule has 1 aliphatic rings. The normalized spacial score (nSPS) is 12.5. The van der Waals surface area contributed by atoms with E-state index in [1.807, 2.05) is 24.3 Å². The molecule has 0 unspecified atom stereocenters. The lowest BCUT2D eigenvalue weighted by atomic mass is 10.2. The smallest absolute Gasteiger partial charge is 0.217 e. The molecular weight excluding hydrogens is 324 g/mol. The van der Waals surface area contributed by atoms with Crippen LogP contribution in [0.2, 0.25) is 0 Å². The number of hydrogen-bond donors (Lipinski definition) is 2. The van der Waals surface area contributed by atoms with Gasteiger partial charge < -0.3 is 5.11 Å². The molecule has 0 radical (unpaired) electrons. The minimum Gasteiger partial charge on any atom is -0.508 e. The number of nitrogens with one attached hydrogen (secondary N) is 1. The van der Waals surface area contributed by atoms with Crippen molar-refractivity contribution in [2.75, 3.05) is 5.43 Å². The molecule has 0 fully saturated rings. The summed E-state index contributed by atoms with van der Waals surface area (Å²) in [6, 6.07) is 14.6. The molecule has 0 aliphatic carbocycles. The van der Waals surface area contributed by atoms with Crippen LogP contribution >= 0.6 is 11.8 Å². The maximum atomic E-state index is 9.44. The van der Waals surface area contributed by atoms with Crippen LogP contribution in [0.3, 0.4) is 0 Å². The third-order valence-electron chi connectivity index (χ3n) is 3.70. The Labute approximate surface area is 140 Å². The Kier molecular flexibility index (Phi) is 2.74. The number of nitrogens with zero attached hydrogens (tertiary/aromatic N) is 5. The summed E-state index contributed by atoms with van der Waals surface area (Å²) >= 11 is 1.42. The Morgan fingerprint density at radius 1 is 0.917 bits per heavy atom. The Morgan fingerprint density at radius 2 is 1.67 bits per heavy atom. The molecular formula is C16H10N6OS. The summed E-state index contributed by atoms with van der Waals surface area (Å²) in [5.41, 5.74) is 5.74. The van der Waals surface area contributed by atoms with E-state index < -0.39 is 0 Å². The van der Waals surface area contributed by atoms with E-state index in [-0.39, 0.29) is 5.75 Å². The molecule has 2 aromatic heterocycles. The first-order chi connectivity index (χ1) is 11.8. The highest BCUT2D eigenvalue weighted by molar-refractivity contribution is 7.99. The van der Waals surface area contributed by atoms with Crippen molar-refractivity contribution in [2.24, 2.45) is 0 Å². The summed E-state index contributed by atoms with van der Waals surface area (Å²) in [5, 5.41) is 19.4. The van der Waals surface area contributed by atoms with Gasteiger partial charge in [0.15, 0.2) is 11.6 Å². The molecule has 3 heterocycles. The molecule has 2 N–H and O–H groups in total. The van der Waals surface area contributed by atoms with Gasteiger partial charge in [0.1, 0.15) is 10.8 Å². The van der Waals surface area contributed by atoms with Crippen molar-refractivity contribution in [1.82, 2.24) is 24.8 Å². The second-order valence-electron chi connectivity index (χ2n) is 5.27. The van der Waals surface area contributed by atoms with E-state index in [1.165, 1.54) is 11.8 Å². The number of benzene rings is 2. The molecule has 116 valence electrons. The molecule has 7 nitrogen and oxygen atoms in total. The van der Waals surface area contributed by atoms with Crippen molar-refractivity contribution in [2.45, 2.75) is 10.2 Å². The van der Waals surface area contributed by atoms with Crippen molar-refractivity contribution in [3.05, 3.63) is 48.5 Å². The standard InChI is InChI=1S/C16H10N6OS/c23-10-7-5-9(6-8-10)14-19-20-16-22(14)21-13-15(24-16)18-12-4-2-1-3-11(12)17-13/h1-8,23H,(H,17,21). The van der Waals surface area contributed by atoms with Gasteiger partial charge in [-0.1, -0.05) is 12.1 Å². The van der Waals surface area contributed by atoms with E-state index in [0.717, 1.165) is 21.6 Å². The highest BCUT2D eigenvalue weighted by atomic mass is 32.2. The van der Waals surface area contributed by atoms with Gasteiger partial charge in [-0.05, 0) is 48.2 Å². The molecule has 4 aromatic rings. The lowest BCUT2D eigenvalue weighted by Crippen LogP contribution is -2.18. The SMILES string of the molecule is Oc1ccc(-c2nnc3n2Nc2nc4ccccc4nc2S3)cc1. The van der Waals surface area contributed by atoms with E-state index in [0.29, 0.717) is 16.8 Å². The average molecular weight is 334 g/mol. The van der Waals surface area contributed by atoms with E-state index >= 15 is 0 Å². The maximum absolute atomic E-state index is 9.44. The summed E-state index contributed by atoms with van der Waals surface area (Å²) in [4.78, 5) is 9.26. The van der Waals surface area contributed by atoms with Crippen LogP contribution < -0.4 is 5.43 Å². The fourth-order valence-corrected chi connectivity index (χ4v) is 3.36. The molecule has 2 aromatic carbocycles. The predicted molar refractivity (Wildman–Crippen MR) is 89.8 cm³/mol. The van der Waals surface area contributed by atoms with Crippen molar-refractivity contribution < 1.29 is 5.11 Å². The average Bonchev–Trinajstić information content (AvgIpc) is 3.01. The van der Waals surface area contributed by atoms with Gasteiger partial charge in [-0.2, -0.15) is 0 Å². The van der Waals surface area contributed by atoms with Crippen LogP contribution in [-0.4, -0.2) is 29.9 Å². The van der Waals surface area contributed by atoms with E-state index in [1.54, 1.807) is 28.9 Å². The molecule has 0 saturated heterocycles. The maximum Gasteiger partial charge on any atom is 0.217 e. The fraction of sp³-hybridized carbons (Fsp3) is 0. The van der Waals surface area contributed by atoms with Crippen LogP contribution in [-0.2, 0) is 0 Å². The molecule has 8 heteroatoms. The third kappa shape index (κ3) is 2.00. The van der Waals surface area contributed by atoms with Crippen molar-refractivity contribution >= 4 is 28.6 Å². The molecule has 0 bridgehead atoms. The van der Waals surface area contributed by atoms with E-state index in [4.69, 9.17) is 0 Å². The highest BCUT2D eigenvalue weighted by Crippen LogP contribution is 2.37. The number of aromatic hydroxyl groups is 1. The summed E-state index contributed by atoms with van der Waals surface area (Å²) in [6.45, 7) is 0. The van der Waals surface area contributed by atoms with Crippen LogP contribution in [0.15, 0.2) is 58.7 Å². The second kappa shape index (κ2) is 4.93. The summed E-state index contributed by atoms with van der Waals surface area (Å²) < 4.78 is 1.78. The van der Waals surface area contributed by atoms with Crippen LogP contribution in [0.4, 0.5) is 5.82 Å². The number of phenols is 1. The topological polar surface area (TPSA) is 88.8 Å². The molecule has 0 amide bonds. The zero-order valence-corrected chi connectivity index (χ0v) is 13.0. The number of aromatic nitrogens is 5. The summed E-state index contributed by atoms with van der Waals surface area (Å²) in [7, 11) is 0. The van der Waals surface area contributed by atoms with Crippen LogP contribution in [0.5, 0.6) is 5.75 Å². The Balaban J connectivity index is 1.62. The fourth-order valence-electron chi connectivity index (χ4n) is 2.55. The number of phenolic OH excluding ortho intramolecular Hbond substituents is 1. The van der Waals surface area contributed by atoms with Crippen LogP contribution in [0, 0.1) is 0 Å². The molecule has 0 atom stereocenters. The predicted octanol–water partition coefficient (Wildman–Crippen LogP) is 2.93. The van der Waals surface area contributed by atoms with Crippen LogP contribution in [0.1, 0.15) is 0 Å². The quantitative estimate of drug-likeness (QED) is 0.487. The minimum atomic E-state index is 0.210. The van der Waals surface area contributed by atoms with Gasteiger partial charge in [-0.15, -0.1) is 10.2 Å². The lowest BCUT2D eigenvalue weighted by Gasteiger charge is -2.18. The largest absolute Gasteiger partial charge is 0.508 e. The molecule has 24 heavy (non-hydrogen) atoms. The Bertz CT molecular complexity index is 1080. The number of rotatable bonds is 1. The second-order valence-corrected chi connectivity index (χ2v) is 6.22. The van der Waals surface area contributed by atoms with Gasteiger partial charge in [0.2, 0.25) is 5.16 Å². The lowest BCUT2D eigenvalue weighted by molar-refractivity contribution is 0.475. The number of anilines is 1. The van der Waals surface area contributed by atoms with E-state index in [9.17, 15) is 5.11 Å². The van der Waals surface area contributed by atoms with Gasteiger partial charge in [0.25, 0.3) is 0 Å². The first-order valence-corrected chi connectivity index (χ1v) is 8.06. The first kappa shape index (κ1) is 13.3. The number of hydrogen-bond acceptors (Lipinski definition) is 7. The van der Waals surface area contributed by atoms with Crippen LogP contribution in [0.25, 0.3) is 22.4 Å². The van der Waals surface area contributed by atoms with Gasteiger partial charge >= 0.3 is 0 Å². The van der Waals surface area contributed by atoms with Gasteiger partial charge in [-0.3, -0.25) is 5.43 Å². The number of para-hydroxylation sites is 2. The van der Waals surface area contributed by atoms with Crippen molar-refractivity contribution in [1.29, 1.82) is 0 Å². The van der Waals surface area contributed by atoms with E-state index in [2.05, 4.69) is 25.6 Å².